The van der Waals surface area contributed by atoms with Gasteiger partial charge in [-0.2, -0.15) is 13.2 Å². The molecule has 2 aromatic heterocycles. The van der Waals surface area contributed by atoms with E-state index >= 15 is 0 Å². The van der Waals surface area contributed by atoms with Crippen molar-refractivity contribution >= 4 is 16.5 Å². The van der Waals surface area contributed by atoms with Crippen LogP contribution in [-0.4, -0.2) is 20.2 Å². The minimum atomic E-state index is -4.45. The average Bonchev–Trinajstić information content (AvgIpc) is 2.85. The Labute approximate surface area is 98.1 Å². The number of hydrogen-bond donors (Lipinski definition) is 2. The van der Waals surface area contributed by atoms with Gasteiger partial charge in [0, 0.05) is 12.4 Å². The second kappa shape index (κ2) is 4.32. The summed E-state index contributed by atoms with van der Waals surface area (Å²) in [6, 6.07) is -0.265. The maximum absolute atomic E-state index is 12.3. The summed E-state index contributed by atoms with van der Waals surface area (Å²) in [6.07, 6.45) is -1.25. The van der Waals surface area contributed by atoms with Gasteiger partial charge in [-0.05, 0) is 6.92 Å². The van der Waals surface area contributed by atoms with Crippen LogP contribution in [0.4, 0.5) is 18.3 Å². The summed E-state index contributed by atoms with van der Waals surface area (Å²) >= 11 is 0.465. The first-order valence-corrected chi connectivity index (χ1v) is 5.45. The van der Waals surface area contributed by atoms with Gasteiger partial charge in [0.1, 0.15) is 5.82 Å². The summed E-state index contributed by atoms with van der Waals surface area (Å²) in [5.74, 6) is 0.619. The number of imidazole rings is 1. The number of hydrogen-bond acceptors (Lipinski definition) is 5. The SMILES string of the molecule is CC(Nc1nnc(C(F)(F)F)s1)c1ncc[nH]1. The molecular weight excluding hydrogens is 255 g/mol. The Morgan fingerprint density at radius 1 is 1.41 bits per heavy atom. The molecule has 1 unspecified atom stereocenters. The fourth-order valence-corrected chi connectivity index (χ4v) is 1.86. The second-order valence-corrected chi connectivity index (χ2v) is 4.23. The first-order valence-electron chi connectivity index (χ1n) is 4.63. The summed E-state index contributed by atoms with van der Waals surface area (Å²) in [4.78, 5) is 6.84. The lowest BCUT2D eigenvalue weighted by atomic mass is 10.3. The van der Waals surface area contributed by atoms with Crippen LogP contribution < -0.4 is 5.32 Å². The quantitative estimate of drug-likeness (QED) is 0.892. The molecule has 2 aromatic rings. The van der Waals surface area contributed by atoms with Crippen LogP contribution in [0.15, 0.2) is 12.4 Å². The van der Waals surface area contributed by atoms with Crippen LogP contribution >= 0.6 is 11.3 Å². The Morgan fingerprint density at radius 2 is 2.18 bits per heavy atom. The Kier molecular flexibility index (Phi) is 3.01. The number of nitrogens with zero attached hydrogens (tertiary/aromatic N) is 3. The third-order valence-corrected chi connectivity index (χ3v) is 2.84. The smallest absolute Gasteiger partial charge is 0.350 e. The summed E-state index contributed by atoms with van der Waals surface area (Å²) in [6.45, 7) is 1.76. The van der Waals surface area contributed by atoms with Crippen molar-refractivity contribution in [1.29, 1.82) is 0 Å². The predicted molar refractivity (Wildman–Crippen MR) is 55.5 cm³/mol. The van der Waals surface area contributed by atoms with E-state index in [1.54, 1.807) is 19.3 Å². The van der Waals surface area contributed by atoms with Gasteiger partial charge in [0.25, 0.3) is 0 Å². The number of aromatic nitrogens is 4. The van der Waals surface area contributed by atoms with E-state index < -0.39 is 11.2 Å². The Balaban J connectivity index is 2.07. The molecule has 2 N–H and O–H groups in total. The molecule has 0 saturated heterocycles. The monoisotopic (exact) mass is 263 g/mol. The molecule has 1 atom stereocenters. The highest BCUT2D eigenvalue weighted by atomic mass is 32.1. The lowest BCUT2D eigenvalue weighted by molar-refractivity contribution is -0.138. The van der Waals surface area contributed by atoms with Gasteiger partial charge in [-0.3, -0.25) is 0 Å². The summed E-state index contributed by atoms with van der Waals surface area (Å²) in [7, 11) is 0. The molecule has 17 heavy (non-hydrogen) atoms. The second-order valence-electron chi connectivity index (χ2n) is 3.25. The van der Waals surface area contributed by atoms with Crippen LogP contribution in [0, 0.1) is 0 Å². The lowest BCUT2D eigenvalue weighted by Crippen LogP contribution is -2.07. The maximum Gasteiger partial charge on any atom is 0.445 e. The van der Waals surface area contributed by atoms with Gasteiger partial charge < -0.3 is 10.3 Å². The van der Waals surface area contributed by atoms with Crippen molar-refractivity contribution in [1.82, 2.24) is 20.2 Å². The summed E-state index contributed by atoms with van der Waals surface area (Å²) < 4.78 is 36.8. The molecule has 0 amide bonds. The highest BCUT2D eigenvalue weighted by molar-refractivity contribution is 7.15. The molecule has 0 aliphatic heterocycles. The zero-order valence-corrected chi connectivity index (χ0v) is 9.43. The molecule has 2 heterocycles. The number of anilines is 1. The number of halogens is 3. The van der Waals surface area contributed by atoms with Crippen molar-refractivity contribution in [2.45, 2.75) is 19.1 Å². The average molecular weight is 263 g/mol. The van der Waals surface area contributed by atoms with Gasteiger partial charge in [-0.25, -0.2) is 4.98 Å². The number of H-pyrrole nitrogens is 1. The fraction of sp³-hybridized carbons (Fsp3) is 0.375. The first-order chi connectivity index (χ1) is 7.97. The molecule has 0 aromatic carbocycles. The van der Waals surface area contributed by atoms with Crippen LogP contribution in [0.3, 0.4) is 0 Å². The van der Waals surface area contributed by atoms with E-state index in [0.717, 1.165) is 0 Å². The van der Waals surface area contributed by atoms with Gasteiger partial charge in [0.15, 0.2) is 0 Å². The Hall–Kier alpha value is -1.64. The van der Waals surface area contributed by atoms with E-state index in [9.17, 15) is 13.2 Å². The van der Waals surface area contributed by atoms with Crippen molar-refractivity contribution in [3.63, 3.8) is 0 Å². The molecule has 0 fully saturated rings. The van der Waals surface area contributed by atoms with E-state index in [-0.39, 0.29) is 11.2 Å². The largest absolute Gasteiger partial charge is 0.445 e. The molecule has 5 nitrogen and oxygen atoms in total. The Bertz CT molecular complexity index is 478. The molecule has 92 valence electrons. The summed E-state index contributed by atoms with van der Waals surface area (Å²) in [5, 5.41) is 8.43. The van der Waals surface area contributed by atoms with E-state index in [4.69, 9.17) is 0 Å². The molecule has 0 radical (unpaired) electrons. The third-order valence-electron chi connectivity index (χ3n) is 1.94. The van der Waals surface area contributed by atoms with E-state index in [1.165, 1.54) is 0 Å². The molecule has 0 aliphatic rings. The van der Waals surface area contributed by atoms with Crippen molar-refractivity contribution in [3.8, 4) is 0 Å². The third kappa shape index (κ3) is 2.73. The van der Waals surface area contributed by atoms with Crippen molar-refractivity contribution in [2.24, 2.45) is 0 Å². The van der Waals surface area contributed by atoms with Crippen molar-refractivity contribution < 1.29 is 13.2 Å². The Morgan fingerprint density at radius 3 is 2.71 bits per heavy atom. The van der Waals surface area contributed by atoms with Crippen molar-refractivity contribution in [3.05, 3.63) is 23.2 Å². The number of alkyl halides is 3. The van der Waals surface area contributed by atoms with Gasteiger partial charge in [-0.15, -0.1) is 10.2 Å². The molecular formula is C8H8F3N5S. The molecule has 0 spiro atoms. The number of rotatable bonds is 3. The lowest BCUT2D eigenvalue weighted by Gasteiger charge is -2.08. The van der Waals surface area contributed by atoms with Crippen LogP contribution in [0.2, 0.25) is 0 Å². The molecule has 9 heteroatoms. The summed E-state index contributed by atoms with van der Waals surface area (Å²) in [5.41, 5.74) is 0. The van der Waals surface area contributed by atoms with Crippen LogP contribution in [0.1, 0.15) is 23.8 Å². The van der Waals surface area contributed by atoms with Crippen LogP contribution in [-0.2, 0) is 6.18 Å². The number of aromatic amines is 1. The molecule has 0 aliphatic carbocycles. The standard InChI is InChI=1S/C8H8F3N5S/c1-4(5-12-2-3-13-5)14-7-16-15-6(17-7)8(9,10)11/h2-4H,1H3,(H,12,13)(H,14,16). The minimum Gasteiger partial charge on any atom is -0.350 e. The van der Waals surface area contributed by atoms with E-state index in [0.29, 0.717) is 17.2 Å². The normalized spacial score (nSPS) is 13.6. The zero-order chi connectivity index (χ0) is 12.5. The topological polar surface area (TPSA) is 66.5 Å². The van der Waals surface area contributed by atoms with Crippen LogP contribution in [0.5, 0.6) is 0 Å². The molecule has 2 rings (SSSR count). The van der Waals surface area contributed by atoms with Gasteiger partial charge in [-0.1, -0.05) is 11.3 Å². The van der Waals surface area contributed by atoms with Gasteiger partial charge in [0.05, 0.1) is 6.04 Å². The fourth-order valence-electron chi connectivity index (χ4n) is 1.16. The number of nitrogens with one attached hydrogen (secondary N) is 2. The molecule has 0 saturated carbocycles. The highest BCUT2D eigenvalue weighted by Crippen LogP contribution is 2.33. The van der Waals surface area contributed by atoms with Gasteiger partial charge >= 0.3 is 6.18 Å². The van der Waals surface area contributed by atoms with E-state index in [1.807, 2.05) is 0 Å². The minimum absolute atomic E-state index is 0.112. The van der Waals surface area contributed by atoms with Crippen LogP contribution in [0.25, 0.3) is 0 Å². The first kappa shape index (κ1) is 11.8. The molecule has 0 bridgehead atoms. The van der Waals surface area contributed by atoms with Gasteiger partial charge in [0.2, 0.25) is 10.1 Å². The zero-order valence-electron chi connectivity index (χ0n) is 8.62. The highest BCUT2D eigenvalue weighted by Gasteiger charge is 2.35. The maximum atomic E-state index is 12.3. The van der Waals surface area contributed by atoms with Crippen molar-refractivity contribution in [2.75, 3.05) is 5.32 Å². The van der Waals surface area contributed by atoms with E-state index in [2.05, 4.69) is 25.5 Å². The predicted octanol–water partition coefficient (Wildman–Crippen LogP) is 2.45.